The third-order valence-electron chi connectivity index (χ3n) is 1.55. The van der Waals surface area contributed by atoms with Gasteiger partial charge < -0.3 is 0 Å². The van der Waals surface area contributed by atoms with Crippen molar-refractivity contribution in [2.75, 3.05) is 18.2 Å². The van der Waals surface area contributed by atoms with E-state index in [4.69, 9.17) is 11.6 Å². The molecule has 0 spiro atoms. The zero-order chi connectivity index (χ0) is 11.9. The highest BCUT2D eigenvalue weighted by Crippen LogP contribution is 2.21. The first-order valence-corrected chi connectivity index (χ1v) is 6.55. The van der Waals surface area contributed by atoms with Crippen LogP contribution in [0.15, 0.2) is 0 Å². The van der Waals surface area contributed by atoms with E-state index in [1.165, 1.54) is 0 Å². The van der Waals surface area contributed by atoms with Gasteiger partial charge in [-0.2, -0.15) is 13.2 Å². The Bertz CT molecular complexity index is 266. The van der Waals surface area contributed by atoms with Crippen molar-refractivity contribution in [2.45, 2.75) is 25.4 Å². The molecule has 0 saturated heterocycles. The Labute approximate surface area is 92.0 Å². The first-order valence-electron chi connectivity index (χ1n) is 4.37. The van der Waals surface area contributed by atoms with Crippen LogP contribution in [-0.2, 0) is 10.0 Å². The molecular formula is C7H13ClF3NO2S. The molecule has 92 valence electrons. The van der Waals surface area contributed by atoms with Gasteiger partial charge in [0.15, 0.2) is 0 Å². The lowest BCUT2D eigenvalue weighted by Crippen LogP contribution is -2.28. The van der Waals surface area contributed by atoms with Crippen LogP contribution in [0.5, 0.6) is 0 Å². The van der Waals surface area contributed by atoms with Gasteiger partial charge in [-0.1, -0.05) is 0 Å². The van der Waals surface area contributed by atoms with Crippen LogP contribution in [0.25, 0.3) is 0 Å². The quantitative estimate of drug-likeness (QED) is 0.565. The Balaban J connectivity index is 3.55. The van der Waals surface area contributed by atoms with E-state index in [1.807, 2.05) is 0 Å². The Morgan fingerprint density at radius 3 is 2.27 bits per heavy atom. The first kappa shape index (κ1) is 15.0. The van der Waals surface area contributed by atoms with Gasteiger partial charge in [-0.15, -0.1) is 11.6 Å². The van der Waals surface area contributed by atoms with E-state index >= 15 is 0 Å². The largest absolute Gasteiger partial charge is 0.389 e. The molecule has 0 aliphatic rings. The minimum atomic E-state index is -4.17. The summed E-state index contributed by atoms with van der Waals surface area (Å²) in [5.74, 6) is -0.244. The standard InChI is InChI=1S/C7H13ClF3NO2S/c8-4-6-15(13,14)12-5-2-1-3-7(9,10)11/h12H,1-6H2. The fourth-order valence-corrected chi connectivity index (χ4v) is 2.26. The summed E-state index contributed by atoms with van der Waals surface area (Å²) >= 11 is 5.22. The molecule has 0 unspecified atom stereocenters. The van der Waals surface area contributed by atoms with Crippen molar-refractivity contribution in [2.24, 2.45) is 0 Å². The van der Waals surface area contributed by atoms with Crippen LogP contribution in [0.1, 0.15) is 19.3 Å². The highest BCUT2D eigenvalue weighted by Gasteiger charge is 2.25. The maximum absolute atomic E-state index is 11.7. The van der Waals surface area contributed by atoms with Gasteiger partial charge in [0, 0.05) is 18.8 Å². The second-order valence-corrected chi connectivity index (χ2v) is 5.28. The lowest BCUT2D eigenvalue weighted by atomic mass is 10.2. The molecule has 0 rings (SSSR count). The van der Waals surface area contributed by atoms with E-state index in [9.17, 15) is 21.6 Å². The molecule has 0 aromatic carbocycles. The van der Waals surface area contributed by atoms with Crippen molar-refractivity contribution >= 4 is 21.6 Å². The molecule has 0 amide bonds. The summed E-state index contributed by atoms with van der Waals surface area (Å²) in [6.07, 6.45) is -4.97. The molecule has 0 heterocycles. The summed E-state index contributed by atoms with van der Waals surface area (Å²) in [6.45, 7) is 0.0231. The Morgan fingerprint density at radius 2 is 1.80 bits per heavy atom. The maximum atomic E-state index is 11.7. The molecule has 0 aromatic heterocycles. The van der Waals surface area contributed by atoms with Crippen LogP contribution in [0.3, 0.4) is 0 Å². The molecule has 15 heavy (non-hydrogen) atoms. The number of sulfonamides is 1. The summed E-state index contributed by atoms with van der Waals surface area (Å²) in [7, 11) is -3.41. The molecule has 0 atom stereocenters. The lowest BCUT2D eigenvalue weighted by molar-refractivity contribution is -0.135. The number of rotatable bonds is 7. The minimum absolute atomic E-state index is 0.0231. The fraction of sp³-hybridized carbons (Fsp3) is 1.00. The SMILES string of the molecule is O=S(=O)(CCCl)NCCCCC(F)(F)F. The molecule has 8 heteroatoms. The van der Waals surface area contributed by atoms with Crippen molar-refractivity contribution in [3.8, 4) is 0 Å². The fourth-order valence-electron chi connectivity index (χ4n) is 0.852. The third kappa shape index (κ3) is 10.3. The van der Waals surface area contributed by atoms with E-state index in [0.29, 0.717) is 0 Å². The summed E-state index contributed by atoms with van der Waals surface area (Å²) in [5, 5.41) is 0. The van der Waals surface area contributed by atoms with Gasteiger partial charge in [-0.25, -0.2) is 13.1 Å². The van der Waals surface area contributed by atoms with Crippen molar-refractivity contribution in [3.63, 3.8) is 0 Å². The second kappa shape index (κ2) is 6.55. The van der Waals surface area contributed by atoms with E-state index in [0.717, 1.165) is 0 Å². The predicted molar refractivity (Wildman–Crippen MR) is 52.4 cm³/mol. The number of hydrogen-bond acceptors (Lipinski definition) is 2. The number of halogens is 4. The molecule has 0 aliphatic heterocycles. The smallest absolute Gasteiger partial charge is 0.215 e. The molecular weight excluding hydrogens is 255 g/mol. The van der Waals surface area contributed by atoms with Gasteiger partial charge >= 0.3 is 6.18 Å². The number of nitrogens with one attached hydrogen (secondary N) is 1. The summed E-state index contributed by atoms with van der Waals surface area (Å²) in [5.41, 5.74) is 0. The number of alkyl halides is 4. The summed E-state index contributed by atoms with van der Waals surface area (Å²) < 4.78 is 59.2. The molecule has 0 radical (unpaired) electrons. The molecule has 1 N–H and O–H groups in total. The normalized spacial score (nSPS) is 13.1. The van der Waals surface area contributed by atoms with Crippen LogP contribution in [0, 0.1) is 0 Å². The van der Waals surface area contributed by atoms with Gasteiger partial charge in [0.2, 0.25) is 10.0 Å². The average molecular weight is 268 g/mol. The van der Waals surface area contributed by atoms with Crippen LogP contribution in [0.4, 0.5) is 13.2 Å². The third-order valence-corrected chi connectivity index (χ3v) is 3.35. The average Bonchev–Trinajstić information content (AvgIpc) is 2.00. The van der Waals surface area contributed by atoms with E-state index < -0.39 is 22.6 Å². The number of hydrogen-bond donors (Lipinski definition) is 1. The summed E-state index contributed by atoms with van der Waals surface area (Å²) in [4.78, 5) is 0. The van der Waals surface area contributed by atoms with Crippen LogP contribution >= 0.6 is 11.6 Å². The molecule has 0 fully saturated rings. The Hall–Kier alpha value is -0.0100. The maximum Gasteiger partial charge on any atom is 0.389 e. The predicted octanol–water partition coefficient (Wildman–Crippen LogP) is 1.88. The van der Waals surface area contributed by atoms with Crippen LogP contribution in [-0.4, -0.2) is 32.8 Å². The van der Waals surface area contributed by atoms with Crippen molar-refractivity contribution < 1.29 is 21.6 Å². The van der Waals surface area contributed by atoms with Crippen LogP contribution in [0.2, 0.25) is 0 Å². The zero-order valence-electron chi connectivity index (χ0n) is 7.98. The van der Waals surface area contributed by atoms with Gasteiger partial charge in [0.25, 0.3) is 0 Å². The lowest BCUT2D eigenvalue weighted by Gasteiger charge is -2.06. The Morgan fingerprint density at radius 1 is 1.20 bits per heavy atom. The molecule has 0 aliphatic carbocycles. The van der Waals surface area contributed by atoms with Gasteiger partial charge in [-0.3, -0.25) is 0 Å². The highest BCUT2D eigenvalue weighted by atomic mass is 35.5. The highest BCUT2D eigenvalue weighted by molar-refractivity contribution is 7.89. The number of unbranched alkanes of at least 4 members (excludes halogenated alkanes) is 1. The van der Waals surface area contributed by atoms with Gasteiger partial charge in [-0.05, 0) is 12.8 Å². The topological polar surface area (TPSA) is 46.2 Å². The van der Waals surface area contributed by atoms with Crippen molar-refractivity contribution in [3.05, 3.63) is 0 Å². The van der Waals surface area contributed by atoms with Crippen LogP contribution < -0.4 is 4.72 Å². The van der Waals surface area contributed by atoms with Crippen molar-refractivity contribution in [1.82, 2.24) is 4.72 Å². The zero-order valence-corrected chi connectivity index (χ0v) is 9.55. The second-order valence-electron chi connectivity index (χ2n) is 2.97. The van der Waals surface area contributed by atoms with Crippen molar-refractivity contribution in [1.29, 1.82) is 0 Å². The van der Waals surface area contributed by atoms with Gasteiger partial charge in [0.05, 0.1) is 5.75 Å². The van der Waals surface area contributed by atoms with E-state index in [-0.39, 0.29) is 31.0 Å². The van der Waals surface area contributed by atoms with Gasteiger partial charge in [0.1, 0.15) is 0 Å². The minimum Gasteiger partial charge on any atom is -0.215 e. The monoisotopic (exact) mass is 267 g/mol. The van der Waals surface area contributed by atoms with E-state index in [1.54, 1.807) is 0 Å². The first-order chi connectivity index (χ1) is 6.77. The molecule has 0 aromatic rings. The molecule has 0 bridgehead atoms. The van der Waals surface area contributed by atoms with E-state index in [2.05, 4.69) is 4.72 Å². The summed E-state index contributed by atoms with van der Waals surface area (Å²) in [6, 6.07) is 0. The molecule has 3 nitrogen and oxygen atoms in total. The molecule has 0 saturated carbocycles. The Kier molecular flexibility index (Phi) is 6.54.